The van der Waals surface area contributed by atoms with Crippen molar-refractivity contribution in [3.05, 3.63) is 16.8 Å². The fraction of sp³-hybridized carbons (Fsp3) is 0.812. The lowest BCUT2D eigenvalue weighted by atomic mass is 9.66. The number of anilines is 1. The van der Waals surface area contributed by atoms with Crippen molar-refractivity contribution in [1.29, 1.82) is 0 Å². The molecule has 7 aliphatic rings. The van der Waals surface area contributed by atoms with Gasteiger partial charge in [-0.25, -0.2) is 9.97 Å². The minimum Gasteiger partial charge on any atom is -0.374 e. The van der Waals surface area contributed by atoms with Gasteiger partial charge in [0, 0.05) is 22.9 Å². The second-order valence-electron chi connectivity index (χ2n) is 15.0. The van der Waals surface area contributed by atoms with Crippen molar-refractivity contribution in [2.24, 2.45) is 29.1 Å². The van der Waals surface area contributed by atoms with Crippen LogP contribution in [0.3, 0.4) is 0 Å². The Bertz CT molecular complexity index is 1220. The lowest BCUT2D eigenvalue weighted by Crippen LogP contribution is -2.48. The Kier molecular flexibility index (Phi) is 4.58. The summed E-state index contributed by atoms with van der Waals surface area (Å²) in [5.74, 6) is 6.61. The largest absolute Gasteiger partial charge is 0.374 e. The summed E-state index contributed by atoms with van der Waals surface area (Å²) in [6.07, 6.45) is 17.6. The zero-order chi connectivity index (χ0) is 24.7. The molecule has 4 heterocycles. The molecule has 198 valence electrons. The zero-order valence-corrected chi connectivity index (χ0v) is 23.7. The summed E-state index contributed by atoms with van der Waals surface area (Å²) in [6.45, 7) is 7.06. The van der Waals surface area contributed by atoms with Crippen molar-refractivity contribution in [1.82, 2.24) is 9.97 Å². The monoisotopic (exact) mass is 517 g/mol. The van der Waals surface area contributed by atoms with E-state index in [0.29, 0.717) is 23.5 Å². The minimum atomic E-state index is 0.154. The fourth-order valence-electron chi connectivity index (χ4n) is 9.73. The van der Waals surface area contributed by atoms with Gasteiger partial charge in [-0.15, -0.1) is 11.3 Å². The maximum atomic E-state index is 6.38. The van der Waals surface area contributed by atoms with E-state index in [4.69, 9.17) is 14.7 Å². The van der Waals surface area contributed by atoms with Crippen LogP contribution in [0.25, 0.3) is 10.2 Å². The number of thiophene rings is 1. The van der Waals surface area contributed by atoms with Crippen molar-refractivity contribution in [2.45, 2.75) is 133 Å². The van der Waals surface area contributed by atoms with Crippen LogP contribution in [0.5, 0.6) is 0 Å². The molecule has 37 heavy (non-hydrogen) atoms. The Morgan fingerprint density at radius 2 is 1.46 bits per heavy atom. The third kappa shape index (κ3) is 3.22. The summed E-state index contributed by atoms with van der Waals surface area (Å²) in [7, 11) is 0. The van der Waals surface area contributed by atoms with Gasteiger partial charge in [-0.2, -0.15) is 0 Å². The predicted molar refractivity (Wildman–Crippen MR) is 149 cm³/mol. The standard InChI is InChI=1S/C32H43N3OS/c1-31(2,3)27-16-22-28(37-27)30(34-29(33-22)17-10-8-6-4-5-7-9-11-17)35-23-12-18(23)32(19-13-24(19)35)20-14-25(20)36-26-15-21(26)32/h16-21,23-26H,4-15H2,1-3H3. The summed E-state index contributed by atoms with van der Waals surface area (Å²) >= 11 is 1.99. The van der Waals surface area contributed by atoms with Gasteiger partial charge in [0.2, 0.25) is 0 Å². The molecule has 0 radical (unpaired) electrons. The average Bonchev–Trinajstić information content (AvgIpc) is 3.65. The van der Waals surface area contributed by atoms with E-state index in [1.165, 1.54) is 104 Å². The van der Waals surface area contributed by atoms with Gasteiger partial charge < -0.3 is 9.64 Å². The topological polar surface area (TPSA) is 38.2 Å². The molecule has 2 aromatic rings. The first-order valence-corrected chi connectivity index (χ1v) is 16.5. The number of piperidine rings is 1. The van der Waals surface area contributed by atoms with Crippen molar-refractivity contribution >= 4 is 27.4 Å². The third-order valence-corrected chi connectivity index (χ3v) is 13.2. The summed E-state index contributed by atoms with van der Waals surface area (Å²) in [6, 6.07) is 3.86. The van der Waals surface area contributed by atoms with Crippen LogP contribution in [-0.4, -0.2) is 34.3 Å². The van der Waals surface area contributed by atoms with Gasteiger partial charge in [0.15, 0.2) is 5.82 Å². The third-order valence-electron chi connectivity index (χ3n) is 11.7. The molecular formula is C32H43N3OS. The van der Waals surface area contributed by atoms with E-state index in [0.717, 1.165) is 35.8 Å². The van der Waals surface area contributed by atoms with Crippen molar-refractivity contribution in [3.8, 4) is 0 Å². The number of fused-ring (bicyclic) bond motifs is 9. The Labute approximate surface area is 226 Å². The predicted octanol–water partition coefficient (Wildman–Crippen LogP) is 7.60. The lowest BCUT2D eigenvalue weighted by Gasteiger charge is -2.44. The van der Waals surface area contributed by atoms with E-state index in [1.807, 2.05) is 11.3 Å². The molecule has 5 aliphatic carbocycles. The molecule has 0 aromatic carbocycles. The van der Waals surface area contributed by atoms with Crippen LogP contribution >= 0.6 is 11.3 Å². The molecular weight excluding hydrogens is 474 g/mol. The number of nitrogens with zero attached hydrogens (tertiary/aromatic N) is 3. The molecule has 0 N–H and O–H groups in total. The second kappa shape index (κ2) is 7.50. The highest BCUT2D eigenvalue weighted by atomic mass is 32.1. The number of hydrogen-bond acceptors (Lipinski definition) is 5. The molecule has 2 saturated heterocycles. The number of hydrogen-bond donors (Lipinski definition) is 0. The van der Waals surface area contributed by atoms with Gasteiger partial charge in [0.25, 0.3) is 0 Å². The number of rotatable bonds is 2. The van der Waals surface area contributed by atoms with E-state index >= 15 is 0 Å². The van der Waals surface area contributed by atoms with Gasteiger partial charge >= 0.3 is 0 Å². The summed E-state index contributed by atoms with van der Waals surface area (Å²) in [4.78, 5) is 15.3. The summed E-state index contributed by atoms with van der Waals surface area (Å²) in [5, 5.41) is 0. The summed E-state index contributed by atoms with van der Waals surface area (Å²) < 4.78 is 7.76. The number of ether oxygens (including phenoxy) is 1. The molecule has 5 heteroatoms. The van der Waals surface area contributed by atoms with E-state index in [-0.39, 0.29) is 5.41 Å². The van der Waals surface area contributed by atoms with E-state index < -0.39 is 0 Å². The Morgan fingerprint density at radius 1 is 0.838 bits per heavy atom. The maximum Gasteiger partial charge on any atom is 0.150 e. The van der Waals surface area contributed by atoms with Crippen LogP contribution in [0, 0.1) is 29.1 Å². The Hall–Kier alpha value is -1.20. The van der Waals surface area contributed by atoms with Gasteiger partial charge in [-0.05, 0) is 79.1 Å². The molecule has 2 aliphatic heterocycles. The normalized spacial score (nSPS) is 44.2. The molecule has 8 atom stereocenters. The van der Waals surface area contributed by atoms with Crippen LogP contribution < -0.4 is 4.90 Å². The van der Waals surface area contributed by atoms with Crippen LogP contribution in [0.4, 0.5) is 5.82 Å². The molecule has 2 aromatic heterocycles. The molecule has 7 fully saturated rings. The van der Waals surface area contributed by atoms with E-state index in [2.05, 4.69) is 31.7 Å². The van der Waals surface area contributed by atoms with Gasteiger partial charge in [-0.3, -0.25) is 0 Å². The average molecular weight is 518 g/mol. The SMILES string of the molecule is CC(C)(C)c1cc2nc(C3CCCCCCCC3)nc(N3C4CC4C4(C5CC5OC5CC54)C4CC43)c2s1. The smallest absolute Gasteiger partial charge is 0.150 e. The molecule has 0 amide bonds. The first-order chi connectivity index (χ1) is 17.9. The van der Waals surface area contributed by atoms with Gasteiger partial charge in [0.1, 0.15) is 5.82 Å². The molecule has 0 bridgehead atoms. The first kappa shape index (κ1) is 22.6. The van der Waals surface area contributed by atoms with Crippen LogP contribution in [0.2, 0.25) is 0 Å². The highest BCUT2D eigenvalue weighted by Gasteiger charge is 2.83. The van der Waals surface area contributed by atoms with Crippen LogP contribution in [0.1, 0.15) is 114 Å². The van der Waals surface area contributed by atoms with Crippen molar-refractivity contribution in [3.63, 3.8) is 0 Å². The van der Waals surface area contributed by atoms with E-state index in [1.54, 1.807) is 0 Å². The molecule has 5 saturated carbocycles. The Balaban J connectivity index is 1.12. The highest BCUT2D eigenvalue weighted by molar-refractivity contribution is 7.19. The zero-order valence-electron chi connectivity index (χ0n) is 22.9. The van der Waals surface area contributed by atoms with Gasteiger partial charge in [-0.1, -0.05) is 59.3 Å². The van der Waals surface area contributed by atoms with Gasteiger partial charge in [0.05, 0.1) is 22.4 Å². The molecule has 8 unspecified atom stereocenters. The lowest BCUT2D eigenvalue weighted by molar-refractivity contribution is -0.0334. The molecule has 1 spiro atoms. The highest BCUT2D eigenvalue weighted by Crippen LogP contribution is 2.81. The first-order valence-electron chi connectivity index (χ1n) is 15.7. The van der Waals surface area contributed by atoms with Crippen molar-refractivity contribution in [2.75, 3.05) is 4.90 Å². The Morgan fingerprint density at radius 3 is 2.08 bits per heavy atom. The van der Waals surface area contributed by atoms with Crippen LogP contribution in [-0.2, 0) is 10.2 Å². The summed E-state index contributed by atoms with van der Waals surface area (Å²) in [5.41, 5.74) is 2.03. The van der Waals surface area contributed by atoms with E-state index in [9.17, 15) is 0 Å². The molecule has 4 nitrogen and oxygen atoms in total. The number of aromatic nitrogens is 2. The second-order valence-corrected chi connectivity index (χ2v) is 16.1. The maximum absolute atomic E-state index is 6.38. The van der Waals surface area contributed by atoms with Crippen LogP contribution in [0.15, 0.2) is 6.07 Å². The minimum absolute atomic E-state index is 0.154. The fourth-order valence-corrected chi connectivity index (χ4v) is 10.9. The van der Waals surface area contributed by atoms with Crippen molar-refractivity contribution < 1.29 is 4.74 Å². The molecule has 9 rings (SSSR count). The quantitative estimate of drug-likeness (QED) is 0.411.